The van der Waals surface area contributed by atoms with Gasteiger partial charge >= 0.3 is 0 Å². The second-order valence-electron chi connectivity index (χ2n) is 7.87. The maximum Gasteiger partial charge on any atom is 0.258 e. The minimum absolute atomic E-state index is 0.310. The molecule has 1 aromatic heterocycles. The lowest BCUT2D eigenvalue weighted by Crippen LogP contribution is -2.47. The maximum atomic E-state index is 13.7. The van der Waals surface area contributed by atoms with Gasteiger partial charge in [0.2, 0.25) is 5.82 Å². The van der Waals surface area contributed by atoms with Crippen LogP contribution in [0, 0.1) is 11.7 Å². The van der Waals surface area contributed by atoms with Crippen molar-refractivity contribution in [1.29, 1.82) is 0 Å². The summed E-state index contributed by atoms with van der Waals surface area (Å²) in [5.41, 5.74) is 3.22. The van der Waals surface area contributed by atoms with E-state index in [4.69, 9.17) is 28.3 Å². The Kier molecular flexibility index (Phi) is 6.07. The van der Waals surface area contributed by atoms with Crippen LogP contribution in [0.4, 0.5) is 4.39 Å². The average molecular weight is 457 g/mol. The quantitative estimate of drug-likeness (QED) is 0.486. The van der Waals surface area contributed by atoms with Gasteiger partial charge in [-0.1, -0.05) is 54.9 Å². The zero-order valence-corrected chi connectivity index (χ0v) is 19.0. The van der Waals surface area contributed by atoms with Gasteiger partial charge in [0, 0.05) is 22.8 Å². The van der Waals surface area contributed by atoms with Crippen molar-refractivity contribution in [3.63, 3.8) is 0 Å². The molecule has 2 aromatic carbocycles. The van der Waals surface area contributed by atoms with Crippen molar-refractivity contribution >= 4 is 34.5 Å². The van der Waals surface area contributed by atoms with E-state index in [2.05, 4.69) is 29.3 Å². The van der Waals surface area contributed by atoms with Crippen molar-refractivity contribution in [2.24, 2.45) is 5.92 Å². The van der Waals surface area contributed by atoms with Crippen LogP contribution in [0.3, 0.4) is 0 Å². The molecule has 3 aromatic rings. The van der Waals surface area contributed by atoms with Gasteiger partial charge in [-0.3, -0.25) is 0 Å². The second kappa shape index (κ2) is 8.77. The SMILES string of the molecule is CC1=C(c2nc(-c3cccc(F)c3)no2)C(c2cccc(Cl)c2)NC(=S)N1CC(C)C. The highest BCUT2D eigenvalue weighted by atomic mass is 35.5. The van der Waals surface area contributed by atoms with Gasteiger partial charge in [-0.05, 0) is 54.9 Å². The van der Waals surface area contributed by atoms with E-state index in [0.717, 1.165) is 23.4 Å². The molecule has 0 amide bonds. The van der Waals surface area contributed by atoms with Gasteiger partial charge < -0.3 is 14.7 Å². The van der Waals surface area contributed by atoms with Crippen LogP contribution in [0.2, 0.25) is 5.02 Å². The summed E-state index contributed by atoms with van der Waals surface area (Å²) in [6.45, 7) is 7.00. The average Bonchev–Trinajstić information content (AvgIpc) is 3.20. The van der Waals surface area contributed by atoms with E-state index in [-0.39, 0.29) is 11.9 Å². The van der Waals surface area contributed by atoms with Crippen molar-refractivity contribution < 1.29 is 8.91 Å². The topological polar surface area (TPSA) is 54.2 Å². The molecule has 5 nitrogen and oxygen atoms in total. The first-order chi connectivity index (χ1) is 14.8. The number of aromatic nitrogens is 2. The molecule has 1 aliphatic heterocycles. The van der Waals surface area contributed by atoms with Gasteiger partial charge in [-0.2, -0.15) is 4.98 Å². The summed E-state index contributed by atoms with van der Waals surface area (Å²) >= 11 is 11.9. The molecule has 160 valence electrons. The minimum Gasteiger partial charge on any atom is -0.351 e. The van der Waals surface area contributed by atoms with Gasteiger partial charge in [0.05, 0.1) is 11.6 Å². The third-order valence-corrected chi connectivity index (χ3v) is 5.64. The molecular weight excluding hydrogens is 435 g/mol. The normalized spacial score (nSPS) is 16.8. The molecule has 0 saturated carbocycles. The van der Waals surface area contributed by atoms with Crippen molar-refractivity contribution in [2.45, 2.75) is 26.8 Å². The highest BCUT2D eigenvalue weighted by Gasteiger charge is 2.34. The zero-order chi connectivity index (χ0) is 22.1. The third kappa shape index (κ3) is 4.48. The fraction of sp³-hybridized carbons (Fsp3) is 0.261. The molecule has 2 heterocycles. The molecule has 0 spiro atoms. The molecule has 8 heteroatoms. The molecule has 1 N–H and O–H groups in total. The number of halogens is 2. The van der Waals surface area contributed by atoms with Gasteiger partial charge in [-0.25, -0.2) is 4.39 Å². The fourth-order valence-electron chi connectivity index (χ4n) is 3.66. The number of allylic oxidation sites excluding steroid dienone is 1. The first kappa shape index (κ1) is 21.5. The number of nitrogens with zero attached hydrogens (tertiary/aromatic N) is 3. The smallest absolute Gasteiger partial charge is 0.258 e. The van der Waals surface area contributed by atoms with Crippen molar-refractivity contribution in [3.8, 4) is 11.4 Å². The maximum absolute atomic E-state index is 13.7. The molecular formula is C23H22ClFN4OS. The first-order valence-electron chi connectivity index (χ1n) is 9.97. The number of thiocarbonyl (C=S) groups is 1. The standard InChI is InChI=1S/C23H22ClFN4OS/c1-13(2)12-29-14(3)19(20(26-23(29)31)15-6-4-8-17(24)10-15)22-27-21(28-30-22)16-7-5-9-18(25)11-16/h4-11,13,20H,12H2,1-3H3,(H,26,31). The Morgan fingerprint density at radius 1 is 1.23 bits per heavy atom. The summed E-state index contributed by atoms with van der Waals surface area (Å²) in [6.07, 6.45) is 0. The Balaban J connectivity index is 1.83. The highest BCUT2D eigenvalue weighted by molar-refractivity contribution is 7.80. The number of hydrogen-bond donors (Lipinski definition) is 1. The second-order valence-corrected chi connectivity index (χ2v) is 8.70. The molecule has 0 radical (unpaired) electrons. The minimum atomic E-state index is -0.358. The summed E-state index contributed by atoms with van der Waals surface area (Å²) in [7, 11) is 0. The van der Waals surface area contributed by atoms with Gasteiger partial charge in [0.15, 0.2) is 5.11 Å². The van der Waals surface area contributed by atoms with Crippen LogP contribution in [0.25, 0.3) is 17.0 Å². The number of hydrogen-bond acceptors (Lipinski definition) is 4. The largest absolute Gasteiger partial charge is 0.351 e. The number of benzene rings is 2. The third-order valence-electron chi connectivity index (χ3n) is 5.07. The highest BCUT2D eigenvalue weighted by Crippen LogP contribution is 2.38. The number of rotatable bonds is 5. The van der Waals surface area contributed by atoms with Gasteiger partial charge in [0.25, 0.3) is 5.89 Å². The molecule has 1 unspecified atom stereocenters. The van der Waals surface area contributed by atoms with Gasteiger partial charge in [0.1, 0.15) is 5.82 Å². The van der Waals surface area contributed by atoms with E-state index in [0.29, 0.717) is 33.3 Å². The summed E-state index contributed by atoms with van der Waals surface area (Å²) in [6, 6.07) is 13.4. The Labute approximate surface area is 190 Å². The Morgan fingerprint density at radius 3 is 2.71 bits per heavy atom. The van der Waals surface area contributed by atoms with Crippen LogP contribution < -0.4 is 5.32 Å². The molecule has 4 rings (SSSR count). The van der Waals surface area contributed by atoms with E-state index >= 15 is 0 Å². The van der Waals surface area contributed by atoms with Crippen molar-refractivity contribution in [3.05, 3.63) is 76.5 Å². The fourth-order valence-corrected chi connectivity index (χ4v) is 4.19. The summed E-state index contributed by atoms with van der Waals surface area (Å²) in [4.78, 5) is 6.63. The first-order valence-corrected chi connectivity index (χ1v) is 10.8. The van der Waals surface area contributed by atoms with Crippen LogP contribution in [-0.4, -0.2) is 26.7 Å². The van der Waals surface area contributed by atoms with Gasteiger partial charge in [-0.15, -0.1) is 0 Å². The van der Waals surface area contributed by atoms with Crippen molar-refractivity contribution in [2.75, 3.05) is 6.54 Å². The lowest BCUT2D eigenvalue weighted by Gasteiger charge is -2.38. The Morgan fingerprint density at radius 2 is 2.00 bits per heavy atom. The van der Waals surface area contributed by atoms with E-state index in [9.17, 15) is 4.39 Å². The molecule has 1 atom stereocenters. The monoisotopic (exact) mass is 456 g/mol. The van der Waals surface area contributed by atoms with E-state index in [1.807, 2.05) is 36.1 Å². The van der Waals surface area contributed by atoms with Crippen molar-refractivity contribution in [1.82, 2.24) is 20.4 Å². The predicted octanol–water partition coefficient (Wildman–Crippen LogP) is 5.85. The summed E-state index contributed by atoms with van der Waals surface area (Å²) < 4.78 is 19.3. The van der Waals surface area contributed by atoms with Crippen LogP contribution >= 0.6 is 23.8 Å². The molecule has 0 aliphatic carbocycles. The molecule has 0 bridgehead atoms. The predicted molar refractivity (Wildman–Crippen MR) is 124 cm³/mol. The molecule has 0 fully saturated rings. The van der Waals surface area contributed by atoms with E-state index in [1.54, 1.807) is 12.1 Å². The van der Waals surface area contributed by atoms with Crippen LogP contribution in [-0.2, 0) is 0 Å². The number of nitrogens with one attached hydrogen (secondary N) is 1. The van der Waals surface area contributed by atoms with Crippen LogP contribution in [0.5, 0.6) is 0 Å². The zero-order valence-electron chi connectivity index (χ0n) is 17.4. The molecule has 1 aliphatic rings. The lowest BCUT2D eigenvalue weighted by atomic mass is 9.94. The van der Waals surface area contributed by atoms with Crippen LogP contribution in [0.15, 0.2) is 58.8 Å². The Bertz CT molecular complexity index is 1160. The summed E-state index contributed by atoms with van der Waals surface area (Å²) in [5.74, 6) is 0.710. The molecule has 31 heavy (non-hydrogen) atoms. The Hall–Kier alpha value is -2.77. The van der Waals surface area contributed by atoms with E-state index < -0.39 is 0 Å². The lowest BCUT2D eigenvalue weighted by molar-refractivity contribution is 0.386. The molecule has 0 saturated heterocycles. The van der Waals surface area contributed by atoms with E-state index in [1.165, 1.54) is 12.1 Å². The van der Waals surface area contributed by atoms with Crippen LogP contribution in [0.1, 0.15) is 38.3 Å². The summed E-state index contributed by atoms with van der Waals surface area (Å²) in [5, 5.41) is 8.75.